The van der Waals surface area contributed by atoms with E-state index in [0.717, 1.165) is 30.6 Å². The van der Waals surface area contributed by atoms with Crippen LogP contribution in [0.3, 0.4) is 0 Å². The molecule has 0 saturated carbocycles. The number of aromatic nitrogens is 1. The number of aromatic amines is 1. The minimum atomic E-state index is -0.0534. The molecule has 8 nitrogen and oxygen atoms in total. The summed E-state index contributed by atoms with van der Waals surface area (Å²) in [7, 11) is 4.72. The number of rotatable bonds is 6. The summed E-state index contributed by atoms with van der Waals surface area (Å²) in [4.78, 5) is 20.6. The highest BCUT2D eigenvalue weighted by molar-refractivity contribution is 6.02. The van der Waals surface area contributed by atoms with Crippen LogP contribution in [0, 0.1) is 11.3 Å². The van der Waals surface area contributed by atoms with Crippen molar-refractivity contribution in [3.63, 3.8) is 0 Å². The molecule has 0 spiro atoms. The van der Waals surface area contributed by atoms with Crippen LogP contribution in [-0.2, 0) is 6.54 Å². The van der Waals surface area contributed by atoms with Gasteiger partial charge in [-0.15, -0.1) is 0 Å². The van der Waals surface area contributed by atoms with Gasteiger partial charge >= 0.3 is 0 Å². The van der Waals surface area contributed by atoms with Crippen LogP contribution in [0.25, 0.3) is 10.9 Å². The van der Waals surface area contributed by atoms with Crippen molar-refractivity contribution in [3.8, 4) is 23.3 Å². The first-order valence-corrected chi connectivity index (χ1v) is 10.4. The van der Waals surface area contributed by atoms with E-state index >= 15 is 0 Å². The van der Waals surface area contributed by atoms with Gasteiger partial charge in [0, 0.05) is 44.2 Å². The molecule has 4 rings (SSSR count). The van der Waals surface area contributed by atoms with Crippen LogP contribution in [0.2, 0.25) is 0 Å². The Bertz CT molecular complexity index is 1160. The second-order valence-corrected chi connectivity index (χ2v) is 7.66. The second-order valence-electron chi connectivity index (χ2n) is 7.66. The van der Waals surface area contributed by atoms with Crippen LogP contribution < -0.4 is 14.2 Å². The molecule has 8 heteroatoms. The predicted octanol–water partition coefficient (Wildman–Crippen LogP) is 3.02. The Morgan fingerprint density at radius 3 is 2.28 bits per heavy atom. The maximum atomic E-state index is 13.2. The second kappa shape index (κ2) is 9.20. The third-order valence-corrected chi connectivity index (χ3v) is 5.82. The van der Waals surface area contributed by atoms with Crippen LogP contribution in [0.5, 0.6) is 17.2 Å². The molecule has 1 aliphatic heterocycles. The minimum Gasteiger partial charge on any atom is -0.496 e. The molecule has 0 unspecified atom stereocenters. The van der Waals surface area contributed by atoms with E-state index in [-0.39, 0.29) is 5.91 Å². The average molecular weight is 434 g/mol. The van der Waals surface area contributed by atoms with Crippen LogP contribution in [-0.4, -0.2) is 68.2 Å². The number of H-pyrrole nitrogens is 1. The van der Waals surface area contributed by atoms with Crippen LogP contribution >= 0.6 is 0 Å². The van der Waals surface area contributed by atoms with E-state index in [1.54, 1.807) is 27.4 Å². The van der Waals surface area contributed by atoms with Crippen molar-refractivity contribution in [3.05, 3.63) is 53.2 Å². The SMILES string of the molecule is COc1cc(OC)c2cc(C(=O)N3CCN(Cc4ccc(C#N)cc4)CC3)[nH]c2c1OC. The first-order valence-electron chi connectivity index (χ1n) is 10.4. The lowest BCUT2D eigenvalue weighted by atomic mass is 10.1. The molecule has 0 aliphatic carbocycles. The molecule has 0 radical (unpaired) electrons. The molecule has 1 aromatic heterocycles. The fourth-order valence-electron chi connectivity index (χ4n) is 4.07. The number of nitrogens with one attached hydrogen (secondary N) is 1. The number of piperazine rings is 1. The van der Waals surface area contributed by atoms with Crippen LogP contribution in [0.4, 0.5) is 0 Å². The van der Waals surface area contributed by atoms with Gasteiger partial charge in [-0.25, -0.2) is 0 Å². The van der Waals surface area contributed by atoms with Gasteiger partial charge in [-0.1, -0.05) is 12.1 Å². The van der Waals surface area contributed by atoms with Crippen molar-refractivity contribution in [2.45, 2.75) is 6.54 Å². The topological polar surface area (TPSA) is 90.8 Å². The van der Waals surface area contributed by atoms with Crippen LogP contribution in [0.15, 0.2) is 36.4 Å². The molecule has 1 amide bonds. The molecule has 2 aromatic carbocycles. The van der Waals surface area contributed by atoms with Gasteiger partial charge in [0.2, 0.25) is 0 Å². The molecular weight excluding hydrogens is 408 g/mol. The van der Waals surface area contributed by atoms with Crippen molar-refractivity contribution in [2.75, 3.05) is 47.5 Å². The van der Waals surface area contributed by atoms with Gasteiger partial charge in [0.05, 0.1) is 38.5 Å². The molecule has 32 heavy (non-hydrogen) atoms. The largest absolute Gasteiger partial charge is 0.496 e. The molecule has 0 atom stereocenters. The van der Waals surface area contributed by atoms with Crippen molar-refractivity contribution in [1.82, 2.24) is 14.8 Å². The van der Waals surface area contributed by atoms with E-state index in [9.17, 15) is 4.79 Å². The smallest absolute Gasteiger partial charge is 0.270 e. The summed E-state index contributed by atoms with van der Waals surface area (Å²) in [5.41, 5.74) is 2.98. The highest BCUT2D eigenvalue weighted by atomic mass is 16.5. The number of benzene rings is 2. The van der Waals surface area contributed by atoms with E-state index in [1.165, 1.54) is 0 Å². The number of carbonyl (C=O) groups is 1. The molecule has 0 bridgehead atoms. The number of nitriles is 1. The summed E-state index contributed by atoms with van der Waals surface area (Å²) in [5.74, 6) is 1.63. The van der Waals surface area contributed by atoms with Gasteiger partial charge in [0.1, 0.15) is 11.4 Å². The standard InChI is InChI=1S/C24H26N4O4/c1-30-20-13-21(31-2)23(32-3)22-18(20)12-19(26-22)24(29)28-10-8-27(9-11-28)15-17-6-4-16(14-25)5-7-17/h4-7,12-13,26H,8-11,15H2,1-3H3. The number of ether oxygens (including phenoxy) is 3. The lowest BCUT2D eigenvalue weighted by molar-refractivity contribution is 0.0623. The Morgan fingerprint density at radius 2 is 1.69 bits per heavy atom. The third kappa shape index (κ3) is 4.07. The quantitative estimate of drug-likeness (QED) is 0.641. The highest BCUT2D eigenvalue weighted by Gasteiger charge is 2.25. The first kappa shape index (κ1) is 21.5. The molecule has 2 heterocycles. The van der Waals surface area contributed by atoms with Gasteiger partial charge in [0.25, 0.3) is 5.91 Å². The lowest BCUT2D eigenvalue weighted by Crippen LogP contribution is -2.48. The number of nitrogens with zero attached hydrogens (tertiary/aromatic N) is 3. The average Bonchev–Trinajstić information content (AvgIpc) is 3.28. The van der Waals surface area contributed by atoms with E-state index in [2.05, 4.69) is 16.0 Å². The van der Waals surface area contributed by atoms with Gasteiger partial charge in [-0.05, 0) is 23.8 Å². The number of hydrogen-bond acceptors (Lipinski definition) is 6. The molecule has 1 fully saturated rings. The molecule has 3 aromatic rings. The Balaban J connectivity index is 1.47. The summed E-state index contributed by atoms with van der Waals surface area (Å²) in [6.45, 7) is 3.65. The molecule has 1 N–H and O–H groups in total. The zero-order valence-corrected chi connectivity index (χ0v) is 18.5. The summed E-state index contributed by atoms with van der Waals surface area (Å²) in [6, 6.07) is 13.3. The van der Waals surface area contributed by atoms with Gasteiger partial charge in [-0.2, -0.15) is 5.26 Å². The molecule has 166 valence electrons. The Morgan fingerprint density at radius 1 is 1.00 bits per heavy atom. The molecular formula is C24H26N4O4. The van der Waals surface area contributed by atoms with E-state index in [0.29, 0.717) is 47.1 Å². The van der Waals surface area contributed by atoms with E-state index < -0.39 is 0 Å². The third-order valence-electron chi connectivity index (χ3n) is 5.82. The van der Waals surface area contributed by atoms with Gasteiger partial charge in [0.15, 0.2) is 11.5 Å². The number of amides is 1. The normalized spacial score (nSPS) is 14.2. The van der Waals surface area contributed by atoms with Gasteiger partial charge < -0.3 is 24.1 Å². The Labute approximate surface area is 186 Å². The van der Waals surface area contributed by atoms with Crippen molar-refractivity contribution in [1.29, 1.82) is 5.26 Å². The van der Waals surface area contributed by atoms with Crippen LogP contribution in [0.1, 0.15) is 21.6 Å². The van der Waals surface area contributed by atoms with Crippen molar-refractivity contribution < 1.29 is 19.0 Å². The number of hydrogen-bond donors (Lipinski definition) is 1. The van der Waals surface area contributed by atoms with Gasteiger partial charge in [-0.3, -0.25) is 9.69 Å². The first-order chi connectivity index (χ1) is 15.6. The monoisotopic (exact) mass is 434 g/mol. The minimum absolute atomic E-state index is 0.0534. The van der Waals surface area contributed by atoms with E-state index in [4.69, 9.17) is 19.5 Å². The lowest BCUT2D eigenvalue weighted by Gasteiger charge is -2.34. The Kier molecular flexibility index (Phi) is 6.19. The summed E-state index contributed by atoms with van der Waals surface area (Å²) < 4.78 is 16.4. The maximum Gasteiger partial charge on any atom is 0.270 e. The number of methoxy groups -OCH3 is 3. The predicted molar refractivity (Wildman–Crippen MR) is 120 cm³/mol. The highest BCUT2D eigenvalue weighted by Crippen LogP contribution is 2.41. The fraction of sp³-hybridized carbons (Fsp3) is 0.333. The van der Waals surface area contributed by atoms with Crippen molar-refractivity contribution in [2.24, 2.45) is 0 Å². The summed E-state index contributed by atoms with van der Waals surface area (Å²) >= 11 is 0. The number of fused-ring (bicyclic) bond motifs is 1. The fourth-order valence-corrected chi connectivity index (χ4v) is 4.07. The zero-order valence-electron chi connectivity index (χ0n) is 18.5. The zero-order chi connectivity index (χ0) is 22.7. The maximum absolute atomic E-state index is 13.2. The Hall–Kier alpha value is -3.70. The van der Waals surface area contributed by atoms with E-state index in [1.807, 2.05) is 35.2 Å². The molecule has 1 saturated heterocycles. The van der Waals surface area contributed by atoms with Crippen molar-refractivity contribution >= 4 is 16.8 Å². The molecule has 1 aliphatic rings. The summed E-state index contributed by atoms with van der Waals surface area (Å²) in [6.07, 6.45) is 0. The number of carbonyl (C=O) groups excluding carboxylic acids is 1. The summed E-state index contributed by atoms with van der Waals surface area (Å²) in [5, 5.41) is 9.71.